The lowest BCUT2D eigenvalue weighted by Crippen LogP contribution is -2.34. The number of benzene rings is 2. The van der Waals surface area contributed by atoms with Gasteiger partial charge < -0.3 is 24.7 Å². The number of aliphatic carboxylic acids is 1. The van der Waals surface area contributed by atoms with Crippen LogP contribution in [0.5, 0.6) is 11.5 Å². The summed E-state index contributed by atoms with van der Waals surface area (Å²) in [6.45, 7) is 2.31. The molecular weight excluding hydrogens is 358 g/mol. The number of carboxylic acid groups (broad SMARTS) is 1. The van der Waals surface area contributed by atoms with Crippen molar-refractivity contribution in [2.24, 2.45) is 0 Å². The first-order valence-corrected chi connectivity index (χ1v) is 8.39. The third kappa shape index (κ3) is 5.13. The molecule has 7 heteroatoms. The number of carbonyl (C=O) groups excluding carboxylic acids is 2. The SMILES string of the molecule is CCOc1ccc(C(CC(=O)[O-])NC(=O)c2ccc(Cl)cc2)cc1OC. The molecule has 0 aliphatic rings. The molecule has 0 aliphatic heterocycles. The third-order valence-electron chi connectivity index (χ3n) is 3.67. The van der Waals surface area contributed by atoms with Gasteiger partial charge in [0, 0.05) is 23.0 Å². The van der Waals surface area contributed by atoms with Gasteiger partial charge in [-0.25, -0.2) is 0 Å². The Bertz CT molecular complexity index is 776. The van der Waals surface area contributed by atoms with Gasteiger partial charge in [-0.3, -0.25) is 4.79 Å². The van der Waals surface area contributed by atoms with Crippen molar-refractivity contribution in [1.29, 1.82) is 0 Å². The van der Waals surface area contributed by atoms with Gasteiger partial charge in [-0.1, -0.05) is 17.7 Å². The highest BCUT2D eigenvalue weighted by Crippen LogP contribution is 2.31. The van der Waals surface area contributed by atoms with Gasteiger partial charge in [-0.2, -0.15) is 0 Å². The van der Waals surface area contributed by atoms with Crippen LogP contribution in [0.1, 0.15) is 35.3 Å². The summed E-state index contributed by atoms with van der Waals surface area (Å²) in [4.78, 5) is 23.6. The van der Waals surface area contributed by atoms with Crippen LogP contribution in [0.2, 0.25) is 5.02 Å². The maximum atomic E-state index is 12.4. The predicted octanol–water partition coefficient (Wildman–Crippen LogP) is 2.36. The second-order valence-corrected chi connectivity index (χ2v) is 5.89. The Morgan fingerprint density at radius 3 is 2.42 bits per heavy atom. The Balaban J connectivity index is 2.27. The molecule has 2 aromatic rings. The van der Waals surface area contributed by atoms with Crippen molar-refractivity contribution < 1.29 is 24.2 Å². The molecule has 0 fully saturated rings. The second-order valence-electron chi connectivity index (χ2n) is 5.45. The van der Waals surface area contributed by atoms with Crippen molar-refractivity contribution in [3.63, 3.8) is 0 Å². The maximum Gasteiger partial charge on any atom is 0.251 e. The number of ether oxygens (including phenoxy) is 2. The van der Waals surface area contributed by atoms with E-state index < -0.39 is 17.9 Å². The van der Waals surface area contributed by atoms with Gasteiger partial charge in [-0.05, 0) is 48.9 Å². The molecule has 0 radical (unpaired) electrons. The van der Waals surface area contributed by atoms with Gasteiger partial charge >= 0.3 is 0 Å². The highest BCUT2D eigenvalue weighted by Gasteiger charge is 2.18. The number of amides is 1. The number of rotatable bonds is 8. The normalized spacial score (nSPS) is 11.5. The number of halogens is 1. The Labute approximate surface area is 156 Å². The standard InChI is InChI=1S/C19H20ClNO5/c1-3-26-16-9-6-13(10-17(16)25-2)15(11-18(22)23)21-19(24)12-4-7-14(20)8-5-12/h4-10,15H,3,11H2,1-2H3,(H,21,24)(H,22,23)/p-1. The molecule has 0 heterocycles. The predicted molar refractivity (Wildman–Crippen MR) is 95.4 cm³/mol. The number of carbonyl (C=O) groups is 2. The fourth-order valence-corrected chi connectivity index (χ4v) is 2.56. The van der Waals surface area contributed by atoms with Crippen LogP contribution in [0.25, 0.3) is 0 Å². The van der Waals surface area contributed by atoms with Gasteiger partial charge in [0.2, 0.25) is 0 Å². The topological polar surface area (TPSA) is 87.7 Å². The summed E-state index contributed by atoms with van der Waals surface area (Å²) in [6, 6.07) is 10.5. The van der Waals surface area contributed by atoms with E-state index in [1.807, 2.05) is 6.92 Å². The zero-order chi connectivity index (χ0) is 19.1. The zero-order valence-corrected chi connectivity index (χ0v) is 15.2. The Hall–Kier alpha value is -2.73. The molecule has 0 aromatic heterocycles. The summed E-state index contributed by atoms with van der Waals surface area (Å²) in [5.74, 6) is -0.705. The summed E-state index contributed by atoms with van der Waals surface area (Å²) in [6.07, 6.45) is -0.379. The molecule has 1 N–H and O–H groups in total. The summed E-state index contributed by atoms with van der Waals surface area (Å²) < 4.78 is 10.7. The fourth-order valence-electron chi connectivity index (χ4n) is 2.44. The third-order valence-corrected chi connectivity index (χ3v) is 3.92. The minimum atomic E-state index is -1.28. The van der Waals surface area contributed by atoms with E-state index in [0.717, 1.165) is 0 Å². The van der Waals surface area contributed by atoms with E-state index in [9.17, 15) is 14.7 Å². The van der Waals surface area contributed by atoms with E-state index >= 15 is 0 Å². The molecule has 1 amide bonds. The molecule has 26 heavy (non-hydrogen) atoms. The summed E-state index contributed by atoms with van der Waals surface area (Å²) >= 11 is 5.82. The first-order valence-electron chi connectivity index (χ1n) is 8.01. The van der Waals surface area contributed by atoms with E-state index in [1.165, 1.54) is 7.11 Å². The van der Waals surface area contributed by atoms with E-state index in [2.05, 4.69) is 5.32 Å². The van der Waals surface area contributed by atoms with Gasteiger partial charge in [0.1, 0.15) is 0 Å². The first-order chi connectivity index (χ1) is 12.4. The van der Waals surface area contributed by atoms with Gasteiger partial charge in [0.15, 0.2) is 11.5 Å². The highest BCUT2D eigenvalue weighted by molar-refractivity contribution is 6.30. The maximum absolute atomic E-state index is 12.4. The largest absolute Gasteiger partial charge is 0.550 e. The number of hydrogen-bond donors (Lipinski definition) is 1. The Morgan fingerprint density at radius 2 is 1.85 bits per heavy atom. The number of carboxylic acids is 1. The minimum absolute atomic E-state index is 0.371. The summed E-state index contributed by atoms with van der Waals surface area (Å²) in [5, 5.41) is 14.3. The van der Waals surface area contributed by atoms with Crippen molar-refractivity contribution in [3.8, 4) is 11.5 Å². The lowest BCUT2D eigenvalue weighted by atomic mass is 10.0. The zero-order valence-electron chi connectivity index (χ0n) is 14.5. The lowest BCUT2D eigenvalue weighted by molar-refractivity contribution is -0.306. The molecule has 6 nitrogen and oxygen atoms in total. The van der Waals surface area contributed by atoms with Crippen LogP contribution < -0.4 is 19.9 Å². The van der Waals surface area contributed by atoms with Crippen molar-refractivity contribution >= 4 is 23.5 Å². The fraction of sp³-hybridized carbons (Fsp3) is 0.263. The molecule has 0 aliphatic carbocycles. The molecule has 138 valence electrons. The number of nitrogens with one attached hydrogen (secondary N) is 1. The molecule has 2 rings (SSSR count). The van der Waals surface area contributed by atoms with Gasteiger partial charge in [0.05, 0.1) is 19.8 Å². The highest BCUT2D eigenvalue weighted by atomic mass is 35.5. The van der Waals surface area contributed by atoms with Crippen LogP contribution in [-0.2, 0) is 4.79 Å². The van der Waals surface area contributed by atoms with Crippen molar-refractivity contribution in [2.45, 2.75) is 19.4 Å². The molecule has 0 saturated heterocycles. The number of hydrogen-bond acceptors (Lipinski definition) is 5. The summed E-state index contributed by atoms with van der Waals surface area (Å²) in [5.41, 5.74) is 0.937. The minimum Gasteiger partial charge on any atom is -0.550 e. The average Bonchev–Trinajstić information content (AvgIpc) is 2.62. The van der Waals surface area contributed by atoms with E-state index in [0.29, 0.717) is 34.3 Å². The van der Waals surface area contributed by atoms with E-state index in [1.54, 1.807) is 42.5 Å². The van der Waals surface area contributed by atoms with Crippen LogP contribution >= 0.6 is 11.6 Å². The van der Waals surface area contributed by atoms with Crippen LogP contribution in [0, 0.1) is 0 Å². The molecule has 0 bridgehead atoms. The first kappa shape index (κ1) is 19.6. The van der Waals surface area contributed by atoms with Crippen molar-refractivity contribution in [1.82, 2.24) is 5.32 Å². The molecule has 1 atom stereocenters. The van der Waals surface area contributed by atoms with Crippen LogP contribution in [0.15, 0.2) is 42.5 Å². The Kier molecular flexibility index (Phi) is 6.86. The molecule has 0 spiro atoms. The molecular formula is C19H19ClNO5-. The lowest BCUT2D eigenvalue weighted by Gasteiger charge is -2.21. The van der Waals surface area contributed by atoms with E-state index in [-0.39, 0.29) is 6.42 Å². The smallest absolute Gasteiger partial charge is 0.251 e. The van der Waals surface area contributed by atoms with Crippen molar-refractivity contribution in [3.05, 3.63) is 58.6 Å². The average molecular weight is 377 g/mol. The number of methoxy groups -OCH3 is 1. The van der Waals surface area contributed by atoms with Crippen LogP contribution in [0.4, 0.5) is 0 Å². The quantitative estimate of drug-likeness (QED) is 0.764. The van der Waals surface area contributed by atoms with Gasteiger partial charge in [-0.15, -0.1) is 0 Å². The summed E-state index contributed by atoms with van der Waals surface area (Å²) in [7, 11) is 1.49. The van der Waals surface area contributed by atoms with Gasteiger partial charge in [0.25, 0.3) is 5.91 Å². The molecule has 2 aromatic carbocycles. The second kappa shape index (κ2) is 9.10. The van der Waals surface area contributed by atoms with E-state index in [4.69, 9.17) is 21.1 Å². The Morgan fingerprint density at radius 1 is 1.15 bits per heavy atom. The van der Waals surface area contributed by atoms with Crippen molar-refractivity contribution in [2.75, 3.05) is 13.7 Å². The monoisotopic (exact) mass is 376 g/mol. The molecule has 0 saturated carbocycles. The molecule has 1 unspecified atom stereocenters. The van der Waals surface area contributed by atoms with Crippen LogP contribution in [0.3, 0.4) is 0 Å². The van der Waals surface area contributed by atoms with Crippen LogP contribution in [-0.4, -0.2) is 25.6 Å².